The number of hydrogen-bond acceptors (Lipinski definition) is 3. The number of rotatable bonds is 4. The van der Waals surface area contributed by atoms with Crippen molar-refractivity contribution in [1.29, 1.82) is 0 Å². The van der Waals surface area contributed by atoms with Crippen LogP contribution < -0.4 is 15.5 Å². The number of hydrogen-bond donors (Lipinski definition) is 2. The highest BCUT2D eigenvalue weighted by atomic mass is 16.2. The van der Waals surface area contributed by atoms with Gasteiger partial charge in [-0.25, -0.2) is 0 Å². The molecule has 2 aromatic rings. The van der Waals surface area contributed by atoms with Crippen molar-refractivity contribution >= 4 is 23.2 Å². The van der Waals surface area contributed by atoms with Crippen LogP contribution in [-0.2, 0) is 22.4 Å². The van der Waals surface area contributed by atoms with Gasteiger partial charge in [0.15, 0.2) is 0 Å². The number of fused-ring (bicyclic) bond motifs is 1. The molecule has 2 aromatic carbocycles. The highest BCUT2D eigenvalue weighted by molar-refractivity contribution is 5.96. The van der Waals surface area contributed by atoms with Crippen molar-refractivity contribution in [3.63, 3.8) is 0 Å². The molecule has 5 heteroatoms. The van der Waals surface area contributed by atoms with Gasteiger partial charge in [-0.2, -0.15) is 0 Å². The first kappa shape index (κ1) is 19.6. The lowest BCUT2D eigenvalue weighted by Gasteiger charge is -2.29. The Bertz CT molecular complexity index is 878. The molecule has 1 fully saturated rings. The van der Waals surface area contributed by atoms with Gasteiger partial charge in [-0.1, -0.05) is 30.3 Å². The first-order valence-electron chi connectivity index (χ1n) is 10.6. The third-order valence-corrected chi connectivity index (χ3v) is 5.98. The second-order valence-corrected chi connectivity index (χ2v) is 8.22. The van der Waals surface area contributed by atoms with Crippen molar-refractivity contribution in [1.82, 2.24) is 5.32 Å². The molecule has 2 N–H and O–H groups in total. The number of anilines is 2. The molecule has 2 atom stereocenters. The van der Waals surface area contributed by atoms with E-state index in [-0.39, 0.29) is 17.7 Å². The minimum absolute atomic E-state index is 0.0617. The van der Waals surface area contributed by atoms with E-state index in [4.69, 9.17) is 0 Å². The minimum atomic E-state index is 0.0617. The van der Waals surface area contributed by atoms with Crippen LogP contribution in [0.15, 0.2) is 48.5 Å². The lowest BCUT2D eigenvalue weighted by atomic mass is 9.92. The number of carbonyl (C=O) groups is 2. The number of piperidine rings is 1. The van der Waals surface area contributed by atoms with Crippen LogP contribution in [0.4, 0.5) is 11.4 Å². The van der Waals surface area contributed by atoms with E-state index in [2.05, 4.69) is 23.6 Å². The van der Waals surface area contributed by atoms with Gasteiger partial charge in [0.25, 0.3) is 0 Å². The van der Waals surface area contributed by atoms with Crippen molar-refractivity contribution < 1.29 is 9.59 Å². The standard InChI is InChI=1S/C24H29N3O2/c1-17-15-20(12-13-25-17)24(29)26-21-10-8-18(9-11-21)16-23(28)27-14-4-6-19-5-2-3-7-22(19)27/h2-3,5,7-11,17,20,25H,4,6,12-16H2,1H3,(H,26,29)/t17-,20-/m0/s1. The van der Waals surface area contributed by atoms with Gasteiger partial charge in [-0.15, -0.1) is 0 Å². The van der Waals surface area contributed by atoms with Crippen molar-refractivity contribution in [2.45, 2.75) is 45.1 Å². The fourth-order valence-corrected chi connectivity index (χ4v) is 4.38. The van der Waals surface area contributed by atoms with E-state index < -0.39 is 0 Å². The predicted molar refractivity (Wildman–Crippen MR) is 116 cm³/mol. The molecular formula is C24H29N3O2. The molecule has 0 spiro atoms. The van der Waals surface area contributed by atoms with Crippen molar-refractivity contribution in [3.05, 3.63) is 59.7 Å². The Balaban J connectivity index is 1.36. The van der Waals surface area contributed by atoms with Crippen molar-refractivity contribution in [2.75, 3.05) is 23.3 Å². The lowest BCUT2D eigenvalue weighted by molar-refractivity contribution is -0.121. The Morgan fingerprint density at radius 2 is 1.93 bits per heavy atom. The van der Waals surface area contributed by atoms with E-state index in [1.807, 2.05) is 47.4 Å². The normalized spacial score (nSPS) is 21.3. The van der Waals surface area contributed by atoms with Crippen LogP contribution in [0.3, 0.4) is 0 Å². The highest BCUT2D eigenvalue weighted by Crippen LogP contribution is 2.27. The molecule has 29 heavy (non-hydrogen) atoms. The van der Waals surface area contributed by atoms with Crippen molar-refractivity contribution in [2.24, 2.45) is 5.92 Å². The molecule has 1 saturated heterocycles. The summed E-state index contributed by atoms with van der Waals surface area (Å²) in [6.07, 6.45) is 4.15. The molecule has 0 radical (unpaired) electrons. The van der Waals surface area contributed by atoms with E-state index in [1.54, 1.807) is 0 Å². The van der Waals surface area contributed by atoms with Gasteiger partial charge >= 0.3 is 0 Å². The lowest BCUT2D eigenvalue weighted by Crippen LogP contribution is -2.40. The van der Waals surface area contributed by atoms with Crippen LogP contribution in [0.25, 0.3) is 0 Å². The Kier molecular flexibility index (Phi) is 5.95. The van der Waals surface area contributed by atoms with Crippen LogP contribution in [0.1, 0.15) is 37.3 Å². The van der Waals surface area contributed by atoms with Crippen molar-refractivity contribution in [3.8, 4) is 0 Å². The maximum Gasteiger partial charge on any atom is 0.231 e. The summed E-state index contributed by atoms with van der Waals surface area (Å²) >= 11 is 0. The van der Waals surface area contributed by atoms with E-state index in [0.717, 1.165) is 55.7 Å². The molecule has 4 rings (SSSR count). The minimum Gasteiger partial charge on any atom is -0.326 e. The van der Waals surface area contributed by atoms with Gasteiger partial charge in [0, 0.05) is 29.9 Å². The fourth-order valence-electron chi connectivity index (χ4n) is 4.38. The molecule has 5 nitrogen and oxygen atoms in total. The molecule has 0 aliphatic carbocycles. The summed E-state index contributed by atoms with van der Waals surface area (Å²) in [6, 6.07) is 16.2. The summed E-state index contributed by atoms with van der Waals surface area (Å²) in [6.45, 7) is 3.78. The third-order valence-electron chi connectivity index (χ3n) is 5.98. The average molecular weight is 392 g/mol. The molecule has 0 aromatic heterocycles. The van der Waals surface area contributed by atoms with Crippen LogP contribution in [-0.4, -0.2) is 30.9 Å². The summed E-state index contributed by atoms with van der Waals surface area (Å²) in [5, 5.41) is 6.40. The molecule has 2 amide bonds. The van der Waals surface area contributed by atoms with Gasteiger partial charge in [0.05, 0.1) is 6.42 Å². The topological polar surface area (TPSA) is 61.4 Å². The SMILES string of the molecule is C[C@H]1C[C@@H](C(=O)Nc2ccc(CC(=O)N3CCCc4ccccc43)cc2)CCN1. The molecule has 2 aliphatic rings. The van der Waals surface area contributed by atoms with E-state index in [0.29, 0.717) is 12.5 Å². The van der Waals surface area contributed by atoms with E-state index in [1.165, 1.54) is 5.56 Å². The fraction of sp³-hybridized carbons (Fsp3) is 0.417. The van der Waals surface area contributed by atoms with E-state index >= 15 is 0 Å². The third kappa shape index (κ3) is 4.67. The monoisotopic (exact) mass is 391 g/mol. The zero-order valence-corrected chi connectivity index (χ0v) is 17.0. The summed E-state index contributed by atoms with van der Waals surface area (Å²) in [4.78, 5) is 27.3. The van der Waals surface area contributed by atoms with Crippen LogP contribution in [0.2, 0.25) is 0 Å². The van der Waals surface area contributed by atoms with Crippen LogP contribution >= 0.6 is 0 Å². The summed E-state index contributed by atoms with van der Waals surface area (Å²) in [5.74, 6) is 0.274. The maximum atomic E-state index is 12.9. The summed E-state index contributed by atoms with van der Waals surface area (Å²) in [5.41, 5.74) is 4.05. The first-order valence-corrected chi connectivity index (χ1v) is 10.6. The number of benzene rings is 2. The first-order chi connectivity index (χ1) is 14.1. The highest BCUT2D eigenvalue weighted by Gasteiger charge is 2.25. The Morgan fingerprint density at radius 3 is 2.72 bits per heavy atom. The zero-order chi connectivity index (χ0) is 20.2. The van der Waals surface area contributed by atoms with Crippen LogP contribution in [0.5, 0.6) is 0 Å². The van der Waals surface area contributed by atoms with Gasteiger partial charge in [0.2, 0.25) is 11.8 Å². The number of amides is 2. The van der Waals surface area contributed by atoms with Gasteiger partial charge in [0.1, 0.15) is 0 Å². The smallest absolute Gasteiger partial charge is 0.231 e. The number of nitrogens with one attached hydrogen (secondary N) is 2. The zero-order valence-electron chi connectivity index (χ0n) is 17.0. The van der Waals surface area contributed by atoms with Gasteiger partial charge < -0.3 is 15.5 Å². The Labute approximate surface area is 172 Å². The number of para-hydroxylation sites is 1. The molecule has 0 bridgehead atoms. The number of carbonyl (C=O) groups excluding carboxylic acids is 2. The van der Waals surface area contributed by atoms with E-state index in [9.17, 15) is 9.59 Å². The molecular weight excluding hydrogens is 362 g/mol. The van der Waals surface area contributed by atoms with Gasteiger partial charge in [-0.3, -0.25) is 9.59 Å². The maximum absolute atomic E-state index is 12.9. The second-order valence-electron chi connectivity index (χ2n) is 8.22. The summed E-state index contributed by atoms with van der Waals surface area (Å²) in [7, 11) is 0. The summed E-state index contributed by atoms with van der Waals surface area (Å²) < 4.78 is 0. The molecule has 2 heterocycles. The number of aryl methyl sites for hydroxylation is 1. The quantitative estimate of drug-likeness (QED) is 0.838. The number of nitrogens with zero attached hydrogens (tertiary/aromatic N) is 1. The molecule has 0 unspecified atom stereocenters. The molecule has 152 valence electrons. The largest absolute Gasteiger partial charge is 0.326 e. The predicted octanol–water partition coefficient (Wildman–Crippen LogP) is 3.54. The second kappa shape index (κ2) is 8.78. The average Bonchev–Trinajstić information content (AvgIpc) is 2.74. The van der Waals surface area contributed by atoms with Gasteiger partial charge in [-0.05, 0) is 68.5 Å². The Morgan fingerprint density at radius 1 is 1.14 bits per heavy atom. The molecule has 2 aliphatic heterocycles. The van der Waals surface area contributed by atoms with Crippen LogP contribution in [0, 0.1) is 5.92 Å². The Hall–Kier alpha value is -2.66. The molecule has 0 saturated carbocycles.